The second-order valence-electron chi connectivity index (χ2n) is 11.3. The van der Waals surface area contributed by atoms with E-state index in [1.807, 2.05) is 0 Å². The molecular weight excluding hydrogens is 460 g/mol. The summed E-state index contributed by atoms with van der Waals surface area (Å²) in [7, 11) is 0. The molecule has 1 aliphatic heterocycles. The van der Waals surface area contributed by atoms with Crippen LogP contribution in [0.5, 0.6) is 0 Å². The van der Waals surface area contributed by atoms with E-state index >= 15 is 0 Å². The third-order valence-corrected chi connectivity index (χ3v) is 7.94. The summed E-state index contributed by atoms with van der Waals surface area (Å²) in [5.41, 5.74) is 19.6. The first-order valence-electron chi connectivity index (χ1n) is 15.8. The van der Waals surface area contributed by atoms with Crippen LogP contribution in [0.25, 0.3) is 16.9 Å². The number of hydrogen-bond acceptors (Lipinski definition) is 0. The summed E-state index contributed by atoms with van der Waals surface area (Å²) in [6.07, 6.45) is 23.5. The van der Waals surface area contributed by atoms with Crippen molar-refractivity contribution >= 4 is 11.4 Å². The van der Waals surface area contributed by atoms with Gasteiger partial charge >= 0.3 is 0 Å². The molecule has 0 atom stereocenters. The number of benzene rings is 2. The zero-order valence-corrected chi connectivity index (χ0v) is 24.6. The highest BCUT2D eigenvalue weighted by Crippen LogP contribution is 2.38. The minimum Gasteiger partial charge on any atom is -0.493 e. The van der Waals surface area contributed by atoms with Gasteiger partial charge in [0.15, 0.2) is 0 Å². The second-order valence-corrected chi connectivity index (χ2v) is 11.3. The number of allylic oxidation sites excluding steroid dienone is 2. The Bertz CT molecular complexity index is 1040. The molecule has 1 heterocycles. The quantitative estimate of drug-likeness (QED) is 0.132. The molecule has 0 aliphatic carbocycles. The van der Waals surface area contributed by atoms with Crippen molar-refractivity contribution in [3.8, 4) is 0 Å². The van der Waals surface area contributed by atoms with Gasteiger partial charge < -0.3 is 5.53 Å². The molecule has 0 saturated carbocycles. The van der Waals surface area contributed by atoms with Crippen LogP contribution in [-0.4, -0.2) is 4.70 Å². The Morgan fingerprint density at radius 1 is 0.553 bits per heavy atom. The summed E-state index contributed by atoms with van der Waals surface area (Å²) in [4.78, 5) is 0. The molecule has 2 aromatic carbocycles. The van der Waals surface area contributed by atoms with Gasteiger partial charge in [0.05, 0.1) is 0 Å². The van der Waals surface area contributed by atoms with Gasteiger partial charge in [0.25, 0.3) is 0 Å². The lowest BCUT2D eigenvalue weighted by Crippen LogP contribution is -2.03. The van der Waals surface area contributed by atoms with Gasteiger partial charge in [-0.15, -0.1) is 0 Å². The molecule has 0 radical (unpaired) electrons. The first-order valence-corrected chi connectivity index (χ1v) is 15.8. The van der Waals surface area contributed by atoms with E-state index in [0.29, 0.717) is 0 Å². The van der Waals surface area contributed by atoms with Crippen molar-refractivity contribution < 1.29 is 4.70 Å². The van der Waals surface area contributed by atoms with Gasteiger partial charge in [-0.05, 0) is 73.9 Å². The van der Waals surface area contributed by atoms with E-state index in [4.69, 9.17) is 0 Å². The Kier molecular flexibility index (Phi) is 13.6. The third-order valence-electron chi connectivity index (χ3n) is 7.94. The van der Waals surface area contributed by atoms with Crippen molar-refractivity contribution in [3.63, 3.8) is 0 Å². The zero-order valence-electron chi connectivity index (χ0n) is 24.6. The van der Waals surface area contributed by atoms with Crippen molar-refractivity contribution in [2.24, 2.45) is 0 Å². The normalized spacial score (nSPS) is 13.4. The lowest BCUT2D eigenvalue weighted by Gasteiger charge is -2.11. The van der Waals surface area contributed by atoms with E-state index in [2.05, 4.69) is 75.4 Å². The van der Waals surface area contributed by atoms with Gasteiger partial charge in [0, 0.05) is 22.8 Å². The Labute approximate surface area is 233 Å². The van der Waals surface area contributed by atoms with Crippen LogP contribution >= 0.6 is 0 Å². The van der Waals surface area contributed by atoms with Crippen LogP contribution in [0.15, 0.2) is 60.2 Å². The fraction of sp³-hybridized carbons (Fsp3) is 0.556. The SMILES string of the molecule is CCCCCCCCC1=C(c2ccc(CCCC)cc2)[N+](=[N-])C(c2cccc(CCCCCCCC)c2)=C1. The molecule has 0 amide bonds. The number of rotatable bonds is 19. The third kappa shape index (κ3) is 9.37. The predicted molar refractivity (Wildman–Crippen MR) is 165 cm³/mol. The van der Waals surface area contributed by atoms with E-state index in [0.717, 1.165) is 41.8 Å². The standard InChI is InChI=1S/C36H52N2/c1-4-7-10-12-14-16-20-31-21-18-23-33(28-31)35-29-34(22-17-15-13-11-8-5-2)36(38(35)37)32-26-24-30(25-27-32)19-9-6-3/h18,21,23-29H,4-17,19-20,22H2,1-3H3. The number of aryl methyl sites for hydroxylation is 2. The number of unbranched alkanes of at least 4 members (excludes halogenated alkanes) is 11. The summed E-state index contributed by atoms with van der Waals surface area (Å²) >= 11 is 0. The van der Waals surface area contributed by atoms with Crippen molar-refractivity contribution in [1.29, 1.82) is 0 Å². The van der Waals surface area contributed by atoms with Gasteiger partial charge in [-0.1, -0.05) is 116 Å². The smallest absolute Gasteiger partial charge is 0.210 e. The van der Waals surface area contributed by atoms with E-state index < -0.39 is 0 Å². The van der Waals surface area contributed by atoms with Gasteiger partial charge in [0.1, 0.15) is 0 Å². The van der Waals surface area contributed by atoms with E-state index in [1.54, 1.807) is 0 Å². The molecule has 3 rings (SSSR count). The Morgan fingerprint density at radius 3 is 1.79 bits per heavy atom. The molecular formula is C36H52N2. The summed E-state index contributed by atoms with van der Waals surface area (Å²) < 4.78 is 1.47. The topological polar surface area (TPSA) is 25.3 Å². The molecule has 0 spiro atoms. The monoisotopic (exact) mass is 512 g/mol. The van der Waals surface area contributed by atoms with Crippen LogP contribution in [0.3, 0.4) is 0 Å². The Balaban J connectivity index is 1.73. The van der Waals surface area contributed by atoms with Gasteiger partial charge in [-0.25, -0.2) is 4.70 Å². The first kappa shape index (κ1) is 30.1. The summed E-state index contributed by atoms with van der Waals surface area (Å²) in [5.74, 6) is 0. The Hall–Kier alpha value is -2.48. The molecule has 2 aromatic rings. The number of nitrogens with zero attached hydrogens (tertiary/aromatic N) is 2. The Morgan fingerprint density at radius 2 is 1.13 bits per heavy atom. The van der Waals surface area contributed by atoms with Crippen LogP contribution in [0.4, 0.5) is 0 Å². The second kappa shape index (κ2) is 17.2. The summed E-state index contributed by atoms with van der Waals surface area (Å²) in [6, 6.07) is 17.7. The molecule has 206 valence electrons. The zero-order chi connectivity index (χ0) is 27.0. The van der Waals surface area contributed by atoms with Crippen molar-refractivity contribution in [2.75, 3.05) is 0 Å². The maximum atomic E-state index is 11.5. The van der Waals surface area contributed by atoms with Crippen LogP contribution in [0.1, 0.15) is 139 Å². The average molecular weight is 513 g/mol. The van der Waals surface area contributed by atoms with Crippen LogP contribution < -0.4 is 0 Å². The maximum Gasteiger partial charge on any atom is 0.210 e. The van der Waals surface area contributed by atoms with Crippen molar-refractivity contribution in [2.45, 2.75) is 130 Å². The molecule has 0 N–H and O–H groups in total. The summed E-state index contributed by atoms with van der Waals surface area (Å²) in [5, 5.41) is 0. The van der Waals surface area contributed by atoms with Gasteiger partial charge in [0.2, 0.25) is 11.4 Å². The molecule has 2 heteroatoms. The lowest BCUT2D eigenvalue weighted by molar-refractivity contribution is -0.344. The van der Waals surface area contributed by atoms with Crippen LogP contribution in [0, 0.1) is 0 Å². The van der Waals surface area contributed by atoms with Gasteiger partial charge in [-0.2, -0.15) is 0 Å². The van der Waals surface area contributed by atoms with Crippen molar-refractivity contribution in [3.05, 3.63) is 88.0 Å². The number of hydrogen-bond donors (Lipinski definition) is 0. The molecule has 38 heavy (non-hydrogen) atoms. The fourth-order valence-corrected chi connectivity index (χ4v) is 5.56. The molecule has 0 saturated heterocycles. The molecule has 0 aromatic heterocycles. The highest BCUT2D eigenvalue weighted by molar-refractivity contribution is 5.78. The summed E-state index contributed by atoms with van der Waals surface area (Å²) in [6.45, 7) is 6.79. The van der Waals surface area contributed by atoms with E-state index in [1.165, 1.54) is 111 Å². The van der Waals surface area contributed by atoms with Crippen LogP contribution in [-0.2, 0) is 12.8 Å². The molecule has 0 fully saturated rings. The molecule has 0 bridgehead atoms. The minimum atomic E-state index is 0.917. The van der Waals surface area contributed by atoms with E-state index in [-0.39, 0.29) is 0 Å². The highest BCUT2D eigenvalue weighted by Gasteiger charge is 2.28. The predicted octanol–water partition coefficient (Wildman–Crippen LogP) is 11.5. The first-order chi connectivity index (χ1) is 18.7. The van der Waals surface area contributed by atoms with Gasteiger partial charge in [-0.3, -0.25) is 0 Å². The van der Waals surface area contributed by atoms with Crippen LogP contribution in [0.2, 0.25) is 0 Å². The maximum absolute atomic E-state index is 11.5. The highest BCUT2D eigenvalue weighted by atomic mass is 15.2. The molecule has 2 nitrogen and oxygen atoms in total. The minimum absolute atomic E-state index is 0.917. The van der Waals surface area contributed by atoms with Crippen molar-refractivity contribution in [1.82, 2.24) is 0 Å². The lowest BCUT2D eigenvalue weighted by atomic mass is 9.99. The molecule has 1 aliphatic rings. The fourth-order valence-electron chi connectivity index (χ4n) is 5.56. The van der Waals surface area contributed by atoms with E-state index in [9.17, 15) is 5.53 Å². The molecule has 0 unspecified atom stereocenters. The largest absolute Gasteiger partial charge is 0.493 e. The average Bonchev–Trinajstić information content (AvgIpc) is 3.27.